The third kappa shape index (κ3) is 5.86. The number of halogens is 2. The molecule has 0 saturated heterocycles. The number of nitrogens with one attached hydrogen (secondary N) is 2. The zero-order valence-corrected chi connectivity index (χ0v) is 19.5. The number of amides is 1. The minimum Gasteiger partial charge on any atom is -0.369 e. The van der Waals surface area contributed by atoms with Crippen LogP contribution in [0.2, 0.25) is 5.02 Å². The SMILES string of the molecule is CC(C)CNc1nc(SC(C)C)nc2c1cnn2CCNC(=O)c1c(F)cccc1Cl. The molecule has 2 heterocycles. The maximum absolute atomic E-state index is 13.9. The quantitative estimate of drug-likeness (QED) is 0.355. The summed E-state index contributed by atoms with van der Waals surface area (Å²) in [7, 11) is 0. The smallest absolute Gasteiger partial charge is 0.255 e. The standard InChI is InChI=1S/C21H26ClFN6OS/c1-12(2)10-25-18-14-11-26-29(19(14)28-21(27-18)31-13(3)4)9-8-24-20(30)17-15(22)6-5-7-16(17)23/h5-7,11-13H,8-10H2,1-4H3,(H,24,30)(H,25,27,28). The van der Waals surface area contributed by atoms with Crippen molar-refractivity contribution in [3.05, 3.63) is 40.8 Å². The minimum atomic E-state index is -0.654. The number of hydrogen-bond acceptors (Lipinski definition) is 6. The maximum Gasteiger partial charge on any atom is 0.255 e. The van der Waals surface area contributed by atoms with Crippen molar-refractivity contribution >= 4 is 46.1 Å². The van der Waals surface area contributed by atoms with E-state index >= 15 is 0 Å². The van der Waals surface area contributed by atoms with Gasteiger partial charge < -0.3 is 10.6 Å². The Morgan fingerprint density at radius 3 is 2.71 bits per heavy atom. The number of carbonyl (C=O) groups is 1. The second-order valence-corrected chi connectivity index (χ2v) is 9.70. The number of anilines is 1. The number of benzene rings is 1. The number of thioether (sulfide) groups is 1. The molecule has 31 heavy (non-hydrogen) atoms. The van der Waals surface area contributed by atoms with E-state index in [4.69, 9.17) is 11.6 Å². The van der Waals surface area contributed by atoms with Gasteiger partial charge in [0.15, 0.2) is 10.8 Å². The lowest BCUT2D eigenvalue weighted by molar-refractivity contribution is 0.0948. The molecule has 0 aliphatic rings. The average Bonchev–Trinajstić information content (AvgIpc) is 3.08. The fraction of sp³-hybridized carbons (Fsp3) is 0.429. The fourth-order valence-corrected chi connectivity index (χ4v) is 3.83. The van der Waals surface area contributed by atoms with Gasteiger partial charge in [-0.2, -0.15) is 5.10 Å². The number of aromatic nitrogens is 4. The largest absolute Gasteiger partial charge is 0.369 e. The van der Waals surface area contributed by atoms with Gasteiger partial charge in [-0.05, 0) is 18.1 Å². The molecule has 0 aliphatic heterocycles. The Kier molecular flexibility index (Phi) is 7.72. The third-order valence-corrected chi connectivity index (χ3v) is 5.47. The molecule has 0 aliphatic carbocycles. The van der Waals surface area contributed by atoms with Crippen molar-refractivity contribution in [2.24, 2.45) is 5.92 Å². The van der Waals surface area contributed by atoms with Gasteiger partial charge in [0.25, 0.3) is 5.91 Å². The summed E-state index contributed by atoms with van der Waals surface area (Å²) in [6.45, 7) is 9.81. The molecule has 0 unspecified atom stereocenters. The van der Waals surface area contributed by atoms with E-state index in [-0.39, 0.29) is 17.1 Å². The van der Waals surface area contributed by atoms with Gasteiger partial charge in [-0.25, -0.2) is 19.0 Å². The van der Waals surface area contributed by atoms with Crippen molar-refractivity contribution in [2.75, 3.05) is 18.4 Å². The van der Waals surface area contributed by atoms with Gasteiger partial charge in [-0.1, -0.05) is 57.1 Å². The van der Waals surface area contributed by atoms with Crippen molar-refractivity contribution < 1.29 is 9.18 Å². The molecule has 1 amide bonds. The van der Waals surface area contributed by atoms with Crippen molar-refractivity contribution in [2.45, 2.75) is 44.6 Å². The Morgan fingerprint density at radius 1 is 1.26 bits per heavy atom. The summed E-state index contributed by atoms with van der Waals surface area (Å²) < 4.78 is 15.7. The van der Waals surface area contributed by atoms with Crippen molar-refractivity contribution in [1.29, 1.82) is 0 Å². The molecular formula is C21H26ClFN6OS. The van der Waals surface area contributed by atoms with Crippen LogP contribution in [-0.2, 0) is 6.54 Å². The summed E-state index contributed by atoms with van der Waals surface area (Å²) in [5, 5.41) is 12.4. The summed E-state index contributed by atoms with van der Waals surface area (Å²) in [6, 6.07) is 4.15. The first kappa shape index (κ1) is 23.3. The Morgan fingerprint density at radius 2 is 2.03 bits per heavy atom. The normalized spacial score (nSPS) is 11.5. The van der Waals surface area contributed by atoms with Gasteiger partial charge in [-0.3, -0.25) is 4.79 Å². The first-order chi connectivity index (χ1) is 14.8. The molecule has 0 atom stereocenters. The van der Waals surface area contributed by atoms with Crippen molar-refractivity contribution in [3.63, 3.8) is 0 Å². The van der Waals surface area contributed by atoms with E-state index in [1.165, 1.54) is 18.2 Å². The Hall–Kier alpha value is -2.39. The topological polar surface area (TPSA) is 84.7 Å². The summed E-state index contributed by atoms with van der Waals surface area (Å²) in [6.07, 6.45) is 1.72. The first-order valence-electron chi connectivity index (χ1n) is 10.1. The van der Waals surface area contributed by atoms with Crippen LogP contribution in [0.4, 0.5) is 10.2 Å². The second-order valence-electron chi connectivity index (χ2n) is 7.75. The van der Waals surface area contributed by atoms with Crippen LogP contribution < -0.4 is 10.6 Å². The van der Waals surface area contributed by atoms with Crippen molar-refractivity contribution in [3.8, 4) is 0 Å². The van der Waals surface area contributed by atoms with E-state index < -0.39 is 11.7 Å². The second kappa shape index (κ2) is 10.3. The van der Waals surface area contributed by atoms with Crippen LogP contribution in [-0.4, -0.2) is 44.0 Å². The van der Waals surface area contributed by atoms with E-state index in [0.717, 1.165) is 17.7 Å². The van der Waals surface area contributed by atoms with Crippen molar-refractivity contribution in [1.82, 2.24) is 25.1 Å². The summed E-state index contributed by atoms with van der Waals surface area (Å²) in [4.78, 5) is 21.7. The molecule has 10 heteroatoms. The van der Waals surface area contributed by atoms with Crippen LogP contribution in [0.1, 0.15) is 38.1 Å². The molecule has 3 aromatic rings. The van der Waals surface area contributed by atoms with E-state index in [0.29, 0.717) is 28.5 Å². The van der Waals surface area contributed by atoms with Gasteiger partial charge >= 0.3 is 0 Å². The van der Waals surface area contributed by atoms with Crippen LogP contribution in [0.25, 0.3) is 11.0 Å². The predicted octanol–water partition coefficient (Wildman–Crippen LogP) is 4.62. The highest BCUT2D eigenvalue weighted by Crippen LogP contribution is 2.26. The molecule has 1 aromatic carbocycles. The highest BCUT2D eigenvalue weighted by atomic mass is 35.5. The van der Waals surface area contributed by atoms with Gasteiger partial charge in [0.2, 0.25) is 0 Å². The molecule has 0 bridgehead atoms. The lowest BCUT2D eigenvalue weighted by Crippen LogP contribution is -2.28. The van der Waals surface area contributed by atoms with Gasteiger partial charge in [0, 0.05) is 18.3 Å². The van der Waals surface area contributed by atoms with Crippen LogP contribution in [0.3, 0.4) is 0 Å². The highest BCUT2D eigenvalue weighted by Gasteiger charge is 2.17. The average molecular weight is 465 g/mol. The van der Waals surface area contributed by atoms with Crippen LogP contribution in [0, 0.1) is 11.7 Å². The van der Waals surface area contributed by atoms with E-state index in [9.17, 15) is 9.18 Å². The van der Waals surface area contributed by atoms with Crippen LogP contribution in [0.5, 0.6) is 0 Å². The van der Waals surface area contributed by atoms with Gasteiger partial charge in [0.1, 0.15) is 11.6 Å². The monoisotopic (exact) mass is 464 g/mol. The van der Waals surface area contributed by atoms with E-state index in [2.05, 4.69) is 53.4 Å². The molecule has 2 N–H and O–H groups in total. The molecule has 7 nitrogen and oxygen atoms in total. The Labute approximate surface area is 190 Å². The zero-order chi connectivity index (χ0) is 22.5. The molecule has 166 valence electrons. The van der Waals surface area contributed by atoms with Gasteiger partial charge in [0.05, 0.1) is 28.7 Å². The van der Waals surface area contributed by atoms with E-state index in [1.807, 2.05) is 0 Å². The molecule has 0 saturated carbocycles. The van der Waals surface area contributed by atoms with E-state index in [1.54, 1.807) is 22.6 Å². The predicted molar refractivity (Wildman–Crippen MR) is 123 cm³/mol. The molecule has 3 rings (SSSR count). The number of rotatable bonds is 9. The lowest BCUT2D eigenvalue weighted by Gasteiger charge is -2.12. The highest BCUT2D eigenvalue weighted by molar-refractivity contribution is 7.99. The molecular weight excluding hydrogens is 439 g/mol. The molecule has 0 spiro atoms. The Balaban J connectivity index is 1.78. The molecule has 2 aromatic heterocycles. The number of hydrogen-bond donors (Lipinski definition) is 2. The zero-order valence-electron chi connectivity index (χ0n) is 17.9. The number of carbonyl (C=O) groups excluding carboxylic acids is 1. The summed E-state index contributed by atoms with van der Waals surface area (Å²) in [5.74, 6) is -0.0139. The van der Waals surface area contributed by atoms with Gasteiger partial charge in [-0.15, -0.1) is 0 Å². The van der Waals surface area contributed by atoms with Crippen LogP contribution in [0.15, 0.2) is 29.6 Å². The maximum atomic E-state index is 13.9. The molecule has 0 fully saturated rings. The fourth-order valence-electron chi connectivity index (χ4n) is 2.88. The minimum absolute atomic E-state index is 0.0750. The third-order valence-electron chi connectivity index (χ3n) is 4.29. The number of fused-ring (bicyclic) bond motifs is 1. The lowest BCUT2D eigenvalue weighted by atomic mass is 10.2. The molecule has 0 radical (unpaired) electrons. The van der Waals surface area contributed by atoms with Crippen LogP contribution >= 0.6 is 23.4 Å². The first-order valence-corrected chi connectivity index (χ1v) is 11.4. The number of nitrogens with zero attached hydrogens (tertiary/aromatic N) is 4. The summed E-state index contributed by atoms with van der Waals surface area (Å²) in [5.41, 5.74) is 0.523. The Bertz CT molecular complexity index is 1050. The summed E-state index contributed by atoms with van der Waals surface area (Å²) >= 11 is 7.54.